The molecule has 0 amide bonds. The minimum absolute atomic E-state index is 0.869. The van der Waals surface area contributed by atoms with Gasteiger partial charge in [0.15, 0.2) is 0 Å². The van der Waals surface area contributed by atoms with Gasteiger partial charge in [0.25, 0.3) is 0 Å². The third-order valence-electron chi connectivity index (χ3n) is 7.47. The van der Waals surface area contributed by atoms with Crippen LogP contribution < -0.4 is 9.80 Å². The van der Waals surface area contributed by atoms with Gasteiger partial charge >= 0.3 is 0 Å². The van der Waals surface area contributed by atoms with Gasteiger partial charge in [-0.2, -0.15) is 0 Å². The van der Waals surface area contributed by atoms with Gasteiger partial charge in [-0.1, -0.05) is 119 Å². The van der Waals surface area contributed by atoms with Gasteiger partial charge in [-0.25, -0.2) is 0 Å². The summed E-state index contributed by atoms with van der Waals surface area (Å²) in [5, 5.41) is 0. The molecule has 6 aromatic carbocycles. The maximum atomic E-state index is 2.34. The Labute approximate surface area is 257 Å². The summed E-state index contributed by atoms with van der Waals surface area (Å²) in [5.74, 6) is 0. The molecule has 6 aromatic rings. The molecule has 0 saturated heterocycles. The third-order valence-corrected chi connectivity index (χ3v) is 7.47. The monoisotopic (exact) mass is 560 g/mol. The molecule has 0 spiro atoms. The molecule has 0 aliphatic heterocycles. The molecule has 0 N–H and O–H groups in total. The second-order valence-corrected chi connectivity index (χ2v) is 11.1. The molecular formula is C41H40N2. The normalized spacial score (nSPS) is 10.4. The van der Waals surface area contributed by atoms with E-state index in [1.165, 1.54) is 56.3 Å². The molecule has 2 nitrogen and oxygen atoms in total. The second-order valence-electron chi connectivity index (χ2n) is 11.1. The molecule has 214 valence electrons. The van der Waals surface area contributed by atoms with E-state index in [0.717, 1.165) is 6.54 Å². The van der Waals surface area contributed by atoms with Crippen LogP contribution in [-0.2, 0) is 6.54 Å². The number of aryl methyl sites for hydroxylation is 4. The van der Waals surface area contributed by atoms with Gasteiger partial charge in [-0.3, -0.25) is 0 Å². The van der Waals surface area contributed by atoms with Crippen molar-refractivity contribution in [3.63, 3.8) is 0 Å². The zero-order chi connectivity index (χ0) is 30.0. The average molecular weight is 561 g/mol. The molecule has 43 heavy (non-hydrogen) atoms. The van der Waals surface area contributed by atoms with Crippen LogP contribution in [0.4, 0.5) is 28.4 Å². The highest BCUT2D eigenvalue weighted by Crippen LogP contribution is 2.34. The van der Waals surface area contributed by atoms with Gasteiger partial charge in [-0.15, -0.1) is 0 Å². The highest BCUT2D eigenvalue weighted by Gasteiger charge is 2.12. The fourth-order valence-electron chi connectivity index (χ4n) is 4.95. The molecule has 6 rings (SSSR count). The first-order chi connectivity index (χ1) is 21.0. The Morgan fingerprint density at radius 1 is 0.326 bits per heavy atom. The van der Waals surface area contributed by atoms with Crippen molar-refractivity contribution in [3.05, 3.63) is 186 Å². The Morgan fingerprint density at radius 2 is 0.628 bits per heavy atom. The summed E-state index contributed by atoms with van der Waals surface area (Å²) >= 11 is 0. The smallest absolute Gasteiger partial charge is 0.0481 e. The zero-order valence-corrected chi connectivity index (χ0v) is 25.6. The minimum atomic E-state index is 0.869. The average Bonchev–Trinajstić information content (AvgIpc) is 3.05. The number of nitrogens with zero attached hydrogens (tertiary/aromatic N) is 2. The predicted octanol–water partition coefficient (Wildman–Crippen LogP) is 11.4. The summed E-state index contributed by atoms with van der Waals surface area (Å²) in [5.41, 5.74) is 12.4. The summed E-state index contributed by atoms with van der Waals surface area (Å²) in [7, 11) is 0. The number of hydrogen-bond acceptors (Lipinski definition) is 2. The van der Waals surface area contributed by atoms with Crippen LogP contribution in [-0.4, -0.2) is 0 Å². The lowest BCUT2D eigenvalue weighted by atomic mass is 10.1. The van der Waals surface area contributed by atoms with E-state index in [1.807, 2.05) is 0 Å². The van der Waals surface area contributed by atoms with Gasteiger partial charge < -0.3 is 9.80 Å². The third kappa shape index (κ3) is 8.02. The number of anilines is 5. The molecule has 2 heteroatoms. The maximum Gasteiger partial charge on any atom is 0.0481 e. The Kier molecular flexibility index (Phi) is 9.71. The van der Waals surface area contributed by atoms with Crippen LogP contribution in [0.2, 0.25) is 0 Å². The van der Waals surface area contributed by atoms with E-state index in [4.69, 9.17) is 0 Å². The highest BCUT2D eigenvalue weighted by molar-refractivity contribution is 5.76. The standard InChI is InChI=1S/C21H21N.C20H19N/c1-16-4-10-19(11-5-16)22(20-12-6-17(2)7-13-20)21-14-8-18(3)9-15-21;1-17-12-14-18(15-13-17)16-21(19-8-4-2-5-9-19)20-10-6-3-7-11-20/h4-15H,1-3H3;2-15H,16H2,1H3. The molecule has 0 heterocycles. The van der Waals surface area contributed by atoms with Crippen molar-refractivity contribution in [2.45, 2.75) is 34.2 Å². The van der Waals surface area contributed by atoms with Crippen LogP contribution in [0.15, 0.2) is 158 Å². The van der Waals surface area contributed by atoms with E-state index in [0.29, 0.717) is 0 Å². The predicted molar refractivity (Wildman–Crippen MR) is 185 cm³/mol. The number of para-hydroxylation sites is 2. The van der Waals surface area contributed by atoms with E-state index in [-0.39, 0.29) is 0 Å². The Hall–Kier alpha value is -5.08. The molecule has 0 bridgehead atoms. The molecule has 0 aliphatic rings. The lowest BCUT2D eigenvalue weighted by Gasteiger charge is -2.25. The Morgan fingerprint density at radius 3 is 0.953 bits per heavy atom. The topological polar surface area (TPSA) is 6.48 Å². The summed E-state index contributed by atoms with van der Waals surface area (Å²) in [4.78, 5) is 4.63. The lowest BCUT2D eigenvalue weighted by Crippen LogP contribution is -2.16. The summed E-state index contributed by atoms with van der Waals surface area (Å²) in [6, 6.07) is 55.8. The van der Waals surface area contributed by atoms with Gasteiger partial charge in [0.05, 0.1) is 0 Å². The minimum Gasteiger partial charge on any atom is -0.337 e. The highest BCUT2D eigenvalue weighted by atomic mass is 15.1. The van der Waals surface area contributed by atoms with E-state index in [2.05, 4.69) is 195 Å². The lowest BCUT2D eigenvalue weighted by molar-refractivity contribution is 0.974. The first-order valence-electron chi connectivity index (χ1n) is 14.9. The van der Waals surface area contributed by atoms with Crippen molar-refractivity contribution < 1.29 is 0 Å². The largest absolute Gasteiger partial charge is 0.337 e. The van der Waals surface area contributed by atoms with Crippen LogP contribution >= 0.6 is 0 Å². The molecule has 0 aliphatic carbocycles. The van der Waals surface area contributed by atoms with Crippen molar-refractivity contribution in [1.29, 1.82) is 0 Å². The zero-order valence-electron chi connectivity index (χ0n) is 25.6. The summed E-state index contributed by atoms with van der Waals surface area (Å²) in [6.45, 7) is 9.34. The molecule has 0 saturated carbocycles. The second kappa shape index (κ2) is 14.2. The molecule has 0 fully saturated rings. The SMILES string of the molecule is Cc1ccc(CN(c2ccccc2)c2ccccc2)cc1.Cc1ccc(N(c2ccc(C)cc2)c2ccc(C)cc2)cc1. The Balaban J connectivity index is 0.000000171. The van der Waals surface area contributed by atoms with Crippen LogP contribution in [0.3, 0.4) is 0 Å². The van der Waals surface area contributed by atoms with Crippen molar-refractivity contribution >= 4 is 28.4 Å². The molecule has 0 atom stereocenters. The number of benzene rings is 6. The number of hydrogen-bond donors (Lipinski definition) is 0. The fraction of sp³-hybridized carbons (Fsp3) is 0.122. The van der Waals surface area contributed by atoms with Crippen LogP contribution in [0.5, 0.6) is 0 Å². The van der Waals surface area contributed by atoms with E-state index in [1.54, 1.807) is 0 Å². The molecule has 0 radical (unpaired) electrons. The summed E-state index contributed by atoms with van der Waals surface area (Å²) < 4.78 is 0. The Bertz CT molecular complexity index is 1520. The quantitative estimate of drug-likeness (QED) is 0.192. The van der Waals surface area contributed by atoms with E-state index >= 15 is 0 Å². The van der Waals surface area contributed by atoms with Gasteiger partial charge in [0, 0.05) is 35.0 Å². The molecule has 0 aromatic heterocycles. The molecular weight excluding hydrogens is 520 g/mol. The maximum absolute atomic E-state index is 2.34. The first-order valence-corrected chi connectivity index (χ1v) is 14.9. The van der Waals surface area contributed by atoms with E-state index in [9.17, 15) is 0 Å². The van der Waals surface area contributed by atoms with Crippen molar-refractivity contribution in [2.75, 3.05) is 9.80 Å². The van der Waals surface area contributed by atoms with Gasteiger partial charge in [0.1, 0.15) is 0 Å². The molecule has 0 unspecified atom stereocenters. The first kappa shape index (κ1) is 29.4. The van der Waals surface area contributed by atoms with Gasteiger partial charge in [0.2, 0.25) is 0 Å². The summed E-state index contributed by atoms with van der Waals surface area (Å²) in [6.07, 6.45) is 0. The van der Waals surface area contributed by atoms with E-state index < -0.39 is 0 Å². The van der Waals surface area contributed by atoms with Crippen molar-refractivity contribution in [2.24, 2.45) is 0 Å². The fourth-order valence-corrected chi connectivity index (χ4v) is 4.95. The van der Waals surface area contributed by atoms with Crippen molar-refractivity contribution in [1.82, 2.24) is 0 Å². The number of rotatable bonds is 7. The van der Waals surface area contributed by atoms with Crippen LogP contribution in [0.1, 0.15) is 27.8 Å². The van der Waals surface area contributed by atoms with Gasteiger partial charge in [-0.05, 0) is 93.9 Å². The van der Waals surface area contributed by atoms with Crippen LogP contribution in [0.25, 0.3) is 0 Å². The van der Waals surface area contributed by atoms with Crippen molar-refractivity contribution in [3.8, 4) is 0 Å². The van der Waals surface area contributed by atoms with Crippen LogP contribution in [0, 0.1) is 27.7 Å².